The molecule has 0 spiro atoms. The molecule has 0 saturated carbocycles. The number of aryl methyl sites for hydroxylation is 3. The molecule has 2 N–H and O–H groups in total. The molecule has 1 amide bonds. The maximum atomic E-state index is 12.1. The Morgan fingerprint density at radius 1 is 1.12 bits per heavy atom. The van der Waals surface area contributed by atoms with Crippen molar-refractivity contribution < 1.29 is 14.6 Å². The van der Waals surface area contributed by atoms with E-state index in [-0.39, 0.29) is 18.3 Å². The van der Waals surface area contributed by atoms with Crippen molar-refractivity contribution in [2.24, 2.45) is 5.10 Å². The number of phenolic OH excluding ortho intramolecular Hbond substituents is 1. The number of carbonyl (C=O) groups excluding carboxylic acids is 1. The predicted octanol–water partition coefficient (Wildman–Crippen LogP) is 3.55. The summed E-state index contributed by atoms with van der Waals surface area (Å²) in [5.41, 5.74) is 8.56. The van der Waals surface area contributed by atoms with E-state index < -0.39 is 0 Å². The van der Waals surface area contributed by atoms with Gasteiger partial charge < -0.3 is 9.84 Å². The molecule has 0 atom stereocenters. The second-order valence-corrected chi connectivity index (χ2v) is 6.74. The van der Waals surface area contributed by atoms with E-state index in [0.717, 1.165) is 41.5 Å². The molecule has 5 nitrogen and oxygen atoms in total. The third-order valence-electron chi connectivity index (χ3n) is 4.82. The molecule has 1 aliphatic rings. The van der Waals surface area contributed by atoms with Crippen molar-refractivity contribution in [3.05, 3.63) is 58.1 Å². The third kappa shape index (κ3) is 3.87. The number of rotatable bonds is 4. The van der Waals surface area contributed by atoms with E-state index in [9.17, 15) is 9.90 Å². The van der Waals surface area contributed by atoms with Gasteiger partial charge in [-0.2, -0.15) is 5.10 Å². The van der Waals surface area contributed by atoms with Crippen molar-refractivity contribution in [3.8, 4) is 11.5 Å². The van der Waals surface area contributed by atoms with Crippen molar-refractivity contribution in [3.63, 3.8) is 0 Å². The van der Waals surface area contributed by atoms with E-state index in [0.29, 0.717) is 11.5 Å². The molecule has 136 valence electrons. The van der Waals surface area contributed by atoms with E-state index in [1.54, 1.807) is 6.07 Å². The molecule has 5 heteroatoms. The fraction of sp³-hybridized carbons (Fsp3) is 0.333. The first-order valence-corrected chi connectivity index (χ1v) is 8.83. The van der Waals surface area contributed by atoms with Crippen LogP contribution in [0.3, 0.4) is 0 Å². The van der Waals surface area contributed by atoms with E-state index in [1.165, 1.54) is 5.56 Å². The minimum absolute atomic E-state index is 0.105. The standard InChI is InChI=1S/C21H24N2O3/c1-13-7-9-16(11-15(13)3)26-12-20(25)23-22-18-6-4-5-17-14(2)8-10-19(24)21(17)18/h7-11,24H,4-6,12H2,1-3H3,(H,23,25)/b22-18+. The summed E-state index contributed by atoms with van der Waals surface area (Å²) in [7, 11) is 0. The lowest BCUT2D eigenvalue weighted by Gasteiger charge is -2.21. The predicted molar refractivity (Wildman–Crippen MR) is 102 cm³/mol. The maximum absolute atomic E-state index is 12.1. The second kappa shape index (κ2) is 7.60. The van der Waals surface area contributed by atoms with E-state index in [2.05, 4.69) is 10.5 Å². The Morgan fingerprint density at radius 2 is 1.88 bits per heavy atom. The van der Waals surface area contributed by atoms with Crippen LogP contribution in [0.25, 0.3) is 0 Å². The molecule has 2 aromatic rings. The Balaban J connectivity index is 1.66. The van der Waals surface area contributed by atoms with Crippen LogP contribution < -0.4 is 10.2 Å². The van der Waals surface area contributed by atoms with Gasteiger partial charge in [-0.05, 0) is 80.5 Å². The largest absolute Gasteiger partial charge is 0.507 e. The van der Waals surface area contributed by atoms with Crippen molar-refractivity contribution in [2.45, 2.75) is 40.0 Å². The number of nitrogens with one attached hydrogen (secondary N) is 1. The van der Waals surface area contributed by atoms with Crippen LogP contribution in [0.15, 0.2) is 35.4 Å². The molecule has 0 aliphatic heterocycles. The summed E-state index contributed by atoms with van der Waals surface area (Å²) < 4.78 is 5.53. The topological polar surface area (TPSA) is 70.9 Å². The lowest BCUT2D eigenvalue weighted by Crippen LogP contribution is -2.27. The summed E-state index contributed by atoms with van der Waals surface area (Å²) in [5.74, 6) is 0.548. The molecule has 0 heterocycles. The molecule has 0 unspecified atom stereocenters. The van der Waals surface area contributed by atoms with Crippen LogP contribution >= 0.6 is 0 Å². The Bertz CT molecular complexity index is 872. The lowest BCUT2D eigenvalue weighted by molar-refractivity contribution is -0.123. The normalized spacial score (nSPS) is 14.8. The first-order chi connectivity index (χ1) is 12.5. The molecule has 1 aliphatic carbocycles. The number of phenols is 1. The summed E-state index contributed by atoms with van der Waals surface area (Å²) in [6.45, 7) is 5.95. The summed E-state index contributed by atoms with van der Waals surface area (Å²) >= 11 is 0. The van der Waals surface area contributed by atoms with Crippen molar-refractivity contribution in [2.75, 3.05) is 6.61 Å². The van der Waals surface area contributed by atoms with Gasteiger partial charge in [0.15, 0.2) is 6.61 Å². The van der Waals surface area contributed by atoms with Gasteiger partial charge in [0.05, 0.1) is 5.71 Å². The van der Waals surface area contributed by atoms with Crippen LogP contribution in [0, 0.1) is 20.8 Å². The maximum Gasteiger partial charge on any atom is 0.277 e. The summed E-state index contributed by atoms with van der Waals surface area (Å²) in [4.78, 5) is 12.1. The Hall–Kier alpha value is -2.82. The van der Waals surface area contributed by atoms with Gasteiger partial charge >= 0.3 is 0 Å². The summed E-state index contributed by atoms with van der Waals surface area (Å²) in [6.07, 6.45) is 2.59. The first kappa shape index (κ1) is 18.0. The molecule has 0 fully saturated rings. The minimum Gasteiger partial charge on any atom is -0.507 e. The minimum atomic E-state index is -0.324. The zero-order chi connectivity index (χ0) is 18.7. The van der Waals surface area contributed by atoms with Gasteiger partial charge in [-0.3, -0.25) is 4.79 Å². The summed E-state index contributed by atoms with van der Waals surface area (Å²) in [5, 5.41) is 14.4. The van der Waals surface area contributed by atoms with Crippen LogP contribution in [0.5, 0.6) is 11.5 Å². The SMILES string of the molecule is Cc1ccc(OCC(=O)N/N=C2\CCCc3c(C)ccc(O)c32)cc1C. The number of benzene rings is 2. The van der Waals surface area contributed by atoms with E-state index >= 15 is 0 Å². The van der Waals surface area contributed by atoms with E-state index in [1.807, 2.05) is 45.0 Å². The van der Waals surface area contributed by atoms with Gasteiger partial charge in [-0.15, -0.1) is 0 Å². The van der Waals surface area contributed by atoms with Crippen molar-refractivity contribution >= 4 is 11.6 Å². The monoisotopic (exact) mass is 352 g/mol. The van der Waals surface area contributed by atoms with Gasteiger partial charge in [-0.1, -0.05) is 12.1 Å². The smallest absolute Gasteiger partial charge is 0.277 e. The molecular formula is C21H24N2O3. The van der Waals surface area contributed by atoms with Gasteiger partial charge in [0.1, 0.15) is 11.5 Å². The van der Waals surface area contributed by atoms with Crippen LogP contribution in [0.4, 0.5) is 0 Å². The number of hydrogen-bond acceptors (Lipinski definition) is 4. The fourth-order valence-corrected chi connectivity index (χ4v) is 3.17. The average Bonchev–Trinajstić information content (AvgIpc) is 2.64. The molecule has 2 aromatic carbocycles. The highest BCUT2D eigenvalue weighted by atomic mass is 16.5. The second-order valence-electron chi connectivity index (χ2n) is 6.74. The zero-order valence-electron chi connectivity index (χ0n) is 15.4. The van der Waals surface area contributed by atoms with E-state index in [4.69, 9.17) is 4.74 Å². The van der Waals surface area contributed by atoms with Crippen LogP contribution in [0.1, 0.15) is 40.7 Å². The number of carbonyl (C=O) groups is 1. The average molecular weight is 352 g/mol. The van der Waals surface area contributed by atoms with Crippen molar-refractivity contribution in [1.82, 2.24) is 5.43 Å². The third-order valence-corrected chi connectivity index (χ3v) is 4.82. The highest BCUT2D eigenvalue weighted by molar-refractivity contribution is 6.05. The quantitative estimate of drug-likeness (QED) is 0.827. The number of fused-ring (bicyclic) bond motifs is 1. The molecule has 3 rings (SSSR count). The van der Waals surface area contributed by atoms with Crippen molar-refractivity contribution in [1.29, 1.82) is 0 Å². The number of ether oxygens (including phenoxy) is 1. The molecular weight excluding hydrogens is 328 g/mol. The highest BCUT2D eigenvalue weighted by Gasteiger charge is 2.21. The number of aromatic hydroxyl groups is 1. The number of nitrogens with zero attached hydrogens (tertiary/aromatic N) is 1. The van der Waals surface area contributed by atoms with Crippen LogP contribution in [-0.4, -0.2) is 23.3 Å². The zero-order valence-corrected chi connectivity index (χ0v) is 15.4. The summed E-state index contributed by atoms with van der Waals surface area (Å²) in [6, 6.07) is 9.31. The molecule has 0 radical (unpaired) electrons. The number of hydrazone groups is 1. The van der Waals surface area contributed by atoms with Crippen LogP contribution in [-0.2, 0) is 11.2 Å². The first-order valence-electron chi connectivity index (χ1n) is 8.83. The highest BCUT2D eigenvalue weighted by Crippen LogP contribution is 2.31. The van der Waals surface area contributed by atoms with Gasteiger partial charge in [-0.25, -0.2) is 5.43 Å². The molecule has 0 aromatic heterocycles. The number of amides is 1. The Labute approximate surface area is 153 Å². The van der Waals surface area contributed by atoms with Gasteiger partial charge in [0, 0.05) is 5.56 Å². The molecule has 0 saturated heterocycles. The van der Waals surface area contributed by atoms with Gasteiger partial charge in [0.2, 0.25) is 0 Å². The van der Waals surface area contributed by atoms with Crippen LogP contribution in [0.2, 0.25) is 0 Å². The fourth-order valence-electron chi connectivity index (χ4n) is 3.17. The molecule has 26 heavy (non-hydrogen) atoms. The van der Waals surface area contributed by atoms with Gasteiger partial charge in [0.25, 0.3) is 5.91 Å². The number of hydrogen-bond donors (Lipinski definition) is 2. The Morgan fingerprint density at radius 3 is 2.65 bits per heavy atom. The Kier molecular flexibility index (Phi) is 5.26. The lowest BCUT2D eigenvalue weighted by atomic mass is 9.86. The molecule has 0 bridgehead atoms.